The lowest BCUT2D eigenvalue weighted by Gasteiger charge is -2.26. The van der Waals surface area contributed by atoms with Gasteiger partial charge in [0.25, 0.3) is 11.8 Å². The van der Waals surface area contributed by atoms with E-state index in [-0.39, 0.29) is 13.9 Å². The normalized spacial score (nSPS) is 19.9. The molecule has 148 valence electrons. The SMILES string of the molecule is COc1ccc2c(c1)C(=O)N(C[C@@]1(C#Cc3ccccc3Cl)NC(=O)NC1=O)C2.[HH]. The van der Waals surface area contributed by atoms with Gasteiger partial charge < -0.3 is 15.0 Å². The molecule has 4 amide bonds. The summed E-state index contributed by atoms with van der Waals surface area (Å²) in [7, 11) is 1.52. The third-order valence-corrected chi connectivity index (χ3v) is 5.18. The van der Waals surface area contributed by atoms with E-state index in [4.69, 9.17) is 16.3 Å². The summed E-state index contributed by atoms with van der Waals surface area (Å²) in [6.45, 7) is 0.203. The van der Waals surface area contributed by atoms with Crippen molar-refractivity contribution in [2.45, 2.75) is 12.1 Å². The highest BCUT2D eigenvalue weighted by Gasteiger charge is 2.48. The number of methoxy groups -OCH3 is 1. The second-order valence-corrected chi connectivity index (χ2v) is 7.13. The molecule has 2 aliphatic rings. The highest BCUT2D eigenvalue weighted by Crippen LogP contribution is 2.28. The standard InChI is InChI=1S/C21H16ClN3O4.H2/c1-29-15-7-6-14-11-25(18(26)16(14)10-15)12-21(19(27)23-20(28)24-21)9-8-13-4-2-3-5-17(13)22;/h2-7,10H,11-12H2,1H3,(H2,23,24,27,28);1H/t21-;/m1./s1. The van der Waals surface area contributed by atoms with Gasteiger partial charge in [0.05, 0.1) is 18.7 Å². The molecule has 8 heteroatoms. The van der Waals surface area contributed by atoms with Crippen molar-refractivity contribution in [1.29, 1.82) is 0 Å². The van der Waals surface area contributed by atoms with Gasteiger partial charge in [0.15, 0.2) is 0 Å². The summed E-state index contributed by atoms with van der Waals surface area (Å²) in [5, 5.41) is 5.20. The first kappa shape index (κ1) is 18.8. The minimum Gasteiger partial charge on any atom is -0.497 e. The van der Waals surface area contributed by atoms with Crippen molar-refractivity contribution in [3.05, 3.63) is 64.2 Å². The summed E-state index contributed by atoms with van der Waals surface area (Å²) in [4.78, 5) is 38.8. The van der Waals surface area contributed by atoms with Crippen molar-refractivity contribution in [2.24, 2.45) is 0 Å². The van der Waals surface area contributed by atoms with E-state index in [1.165, 1.54) is 12.0 Å². The minimum atomic E-state index is -1.57. The lowest BCUT2D eigenvalue weighted by atomic mass is 9.99. The lowest BCUT2D eigenvalue weighted by Crippen LogP contribution is -2.54. The molecular weight excluding hydrogens is 394 g/mol. The van der Waals surface area contributed by atoms with E-state index in [1.807, 2.05) is 6.07 Å². The van der Waals surface area contributed by atoms with Gasteiger partial charge in [-0.2, -0.15) is 0 Å². The van der Waals surface area contributed by atoms with E-state index >= 15 is 0 Å². The summed E-state index contributed by atoms with van der Waals surface area (Å²) in [6, 6.07) is 11.5. The first-order chi connectivity index (χ1) is 13.9. The Kier molecular flexibility index (Phi) is 4.65. The molecule has 0 spiro atoms. The van der Waals surface area contributed by atoms with E-state index < -0.39 is 17.5 Å². The second-order valence-electron chi connectivity index (χ2n) is 6.73. The van der Waals surface area contributed by atoms with E-state index in [0.717, 1.165) is 5.56 Å². The van der Waals surface area contributed by atoms with Crippen LogP contribution in [0, 0.1) is 11.8 Å². The first-order valence-corrected chi connectivity index (χ1v) is 9.17. The maximum atomic E-state index is 12.9. The Morgan fingerprint density at radius 1 is 1.24 bits per heavy atom. The Morgan fingerprint density at radius 2 is 2.03 bits per heavy atom. The second kappa shape index (κ2) is 7.15. The van der Waals surface area contributed by atoms with Gasteiger partial charge >= 0.3 is 6.03 Å². The molecule has 0 aliphatic carbocycles. The summed E-state index contributed by atoms with van der Waals surface area (Å²) in [6.07, 6.45) is 0. The molecule has 2 heterocycles. The number of imide groups is 1. The molecule has 29 heavy (non-hydrogen) atoms. The average Bonchev–Trinajstić information content (AvgIpc) is 3.16. The predicted molar refractivity (Wildman–Crippen MR) is 108 cm³/mol. The van der Waals surface area contributed by atoms with Gasteiger partial charge in [-0.25, -0.2) is 4.79 Å². The Bertz CT molecular complexity index is 1110. The van der Waals surface area contributed by atoms with Gasteiger partial charge in [-0.3, -0.25) is 14.9 Å². The van der Waals surface area contributed by atoms with Crippen LogP contribution in [0.3, 0.4) is 0 Å². The van der Waals surface area contributed by atoms with Gasteiger partial charge in [0.2, 0.25) is 5.54 Å². The van der Waals surface area contributed by atoms with Crippen LogP contribution in [-0.4, -0.2) is 41.9 Å². The maximum absolute atomic E-state index is 12.9. The largest absolute Gasteiger partial charge is 0.497 e. The highest BCUT2D eigenvalue weighted by molar-refractivity contribution is 6.31. The lowest BCUT2D eigenvalue weighted by molar-refractivity contribution is -0.122. The van der Waals surface area contributed by atoms with Crippen LogP contribution in [0.15, 0.2) is 42.5 Å². The number of rotatable bonds is 3. The van der Waals surface area contributed by atoms with Crippen LogP contribution in [0.5, 0.6) is 5.75 Å². The van der Waals surface area contributed by atoms with Crippen LogP contribution >= 0.6 is 11.6 Å². The molecule has 1 atom stereocenters. The molecule has 0 bridgehead atoms. The maximum Gasteiger partial charge on any atom is 0.323 e. The number of urea groups is 1. The molecule has 2 aliphatic heterocycles. The molecule has 0 radical (unpaired) electrons. The molecule has 2 N–H and O–H groups in total. The number of hydrogen-bond acceptors (Lipinski definition) is 4. The van der Waals surface area contributed by atoms with E-state index in [2.05, 4.69) is 22.5 Å². The van der Waals surface area contributed by atoms with Crippen LogP contribution < -0.4 is 15.4 Å². The Labute approximate surface area is 173 Å². The van der Waals surface area contributed by atoms with Crippen molar-refractivity contribution in [1.82, 2.24) is 15.5 Å². The number of carbonyl (C=O) groups excluding carboxylic acids is 3. The minimum absolute atomic E-state index is 0. The number of nitrogens with zero attached hydrogens (tertiary/aromatic N) is 1. The van der Waals surface area contributed by atoms with Crippen LogP contribution in [0.2, 0.25) is 5.02 Å². The fourth-order valence-corrected chi connectivity index (χ4v) is 3.53. The fraction of sp³-hybridized carbons (Fsp3) is 0.190. The predicted octanol–water partition coefficient (Wildman–Crippen LogP) is 2.18. The van der Waals surface area contributed by atoms with Crippen LogP contribution in [0.4, 0.5) is 4.79 Å². The number of ether oxygens (including phenoxy) is 1. The molecule has 0 unspecified atom stereocenters. The van der Waals surface area contributed by atoms with Gasteiger partial charge in [0, 0.05) is 19.1 Å². The van der Waals surface area contributed by atoms with Crippen molar-refractivity contribution in [3.63, 3.8) is 0 Å². The molecule has 7 nitrogen and oxygen atoms in total. The molecule has 0 saturated carbocycles. The first-order valence-electron chi connectivity index (χ1n) is 8.79. The topological polar surface area (TPSA) is 87.7 Å². The number of halogens is 1. The third-order valence-electron chi connectivity index (χ3n) is 4.85. The monoisotopic (exact) mass is 411 g/mol. The zero-order valence-electron chi connectivity index (χ0n) is 15.4. The Balaban J connectivity index is 0.00000256. The number of hydrogen-bond donors (Lipinski definition) is 2. The molecule has 2 aromatic carbocycles. The quantitative estimate of drug-likeness (QED) is 0.598. The molecule has 1 saturated heterocycles. The van der Waals surface area contributed by atoms with Crippen molar-refractivity contribution >= 4 is 29.4 Å². The zero-order chi connectivity index (χ0) is 20.6. The smallest absolute Gasteiger partial charge is 0.323 e. The van der Waals surface area contributed by atoms with Crippen LogP contribution in [0.25, 0.3) is 0 Å². The van der Waals surface area contributed by atoms with Crippen molar-refractivity contribution < 1.29 is 20.5 Å². The molecule has 2 aromatic rings. The van der Waals surface area contributed by atoms with E-state index in [0.29, 0.717) is 28.4 Å². The average molecular weight is 412 g/mol. The van der Waals surface area contributed by atoms with Gasteiger partial charge in [-0.05, 0) is 29.8 Å². The van der Waals surface area contributed by atoms with Crippen LogP contribution in [0.1, 0.15) is 22.9 Å². The summed E-state index contributed by atoms with van der Waals surface area (Å²) in [5.74, 6) is 5.39. The van der Waals surface area contributed by atoms with Gasteiger partial charge in [-0.1, -0.05) is 41.6 Å². The molecular formula is C21H18ClN3O4. The Hall–Kier alpha value is -3.50. The van der Waals surface area contributed by atoms with Gasteiger partial charge in [-0.15, -0.1) is 0 Å². The van der Waals surface area contributed by atoms with E-state index in [9.17, 15) is 14.4 Å². The molecule has 0 aromatic heterocycles. The Morgan fingerprint density at radius 3 is 2.72 bits per heavy atom. The molecule has 4 rings (SSSR count). The summed E-state index contributed by atoms with van der Waals surface area (Å²) in [5.41, 5.74) is 0.263. The number of amides is 4. The molecule has 1 fully saturated rings. The number of nitrogens with one attached hydrogen (secondary N) is 2. The van der Waals surface area contributed by atoms with Crippen molar-refractivity contribution in [3.8, 4) is 17.6 Å². The number of carbonyl (C=O) groups is 3. The number of fused-ring (bicyclic) bond motifs is 1. The summed E-state index contributed by atoms with van der Waals surface area (Å²) < 4.78 is 5.18. The summed E-state index contributed by atoms with van der Waals surface area (Å²) >= 11 is 6.14. The fourth-order valence-electron chi connectivity index (χ4n) is 3.35. The highest BCUT2D eigenvalue weighted by atomic mass is 35.5. The number of benzene rings is 2. The van der Waals surface area contributed by atoms with Gasteiger partial charge in [0.1, 0.15) is 5.75 Å². The van der Waals surface area contributed by atoms with Crippen LogP contribution in [-0.2, 0) is 11.3 Å². The zero-order valence-corrected chi connectivity index (χ0v) is 16.2. The third kappa shape index (κ3) is 3.39. The van der Waals surface area contributed by atoms with E-state index in [1.54, 1.807) is 36.4 Å². The van der Waals surface area contributed by atoms with Crippen molar-refractivity contribution in [2.75, 3.05) is 13.7 Å².